The molecule has 6 heteroatoms. The molecular weight excluding hydrogens is 385 g/mol. The number of anilines is 1. The summed E-state index contributed by atoms with van der Waals surface area (Å²) < 4.78 is 19.4. The third-order valence-electron chi connectivity index (χ3n) is 7.07. The van der Waals surface area contributed by atoms with E-state index in [1.165, 1.54) is 35.2 Å². The van der Waals surface area contributed by atoms with Crippen LogP contribution in [0.5, 0.6) is 5.75 Å². The van der Waals surface area contributed by atoms with E-state index in [0.29, 0.717) is 11.8 Å². The number of imide groups is 1. The summed E-state index contributed by atoms with van der Waals surface area (Å²) in [4.78, 5) is 40.4. The first-order chi connectivity index (χ1) is 14.6. The van der Waals surface area contributed by atoms with Crippen molar-refractivity contribution in [1.29, 1.82) is 0 Å². The summed E-state index contributed by atoms with van der Waals surface area (Å²) in [6.45, 7) is 0. The van der Waals surface area contributed by atoms with Gasteiger partial charge in [-0.25, -0.2) is 14.1 Å². The van der Waals surface area contributed by atoms with Crippen molar-refractivity contribution >= 4 is 23.5 Å². The number of carbonyl (C=O) groups is 3. The second kappa shape index (κ2) is 6.11. The zero-order chi connectivity index (χ0) is 20.6. The van der Waals surface area contributed by atoms with E-state index in [4.69, 9.17) is 4.74 Å². The summed E-state index contributed by atoms with van der Waals surface area (Å²) in [5.41, 5.74) is 0.0297. The van der Waals surface area contributed by atoms with Crippen LogP contribution in [0.4, 0.5) is 10.1 Å². The summed E-state index contributed by atoms with van der Waals surface area (Å²) in [7, 11) is 0. The molecule has 0 N–H and O–H groups in total. The van der Waals surface area contributed by atoms with Crippen molar-refractivity contribution in [2.45, 2.75) is 6.42 Å². The predicted molar refractivity (Wildman–Crippen MR) is 105 cm³/mol. The van der Waals surface area contributed by atoms with Crippen molar-refractivity contribution < 1.29 is 23.5 Å². The molecule has 4 aliphatic carbocycles. The number of carbonyl (C=O) groups excluding carboxylic acids is 3. The van der Waals surface area contributed by atoms with Gasteiger partial charge >= 0.3 is 5.97 Å². The maximum Gasteiger partial charge on any atom is 0.346 e. The normalized spacial score (nSPS) is 32.8. The van der Waals surface area contributed by atoms with Crippen LogP contribution in [0.1, 0.15) is 16.8 Å². The zero-order valence-corrected chi connectivity index (χ0v) is 15.9. The molecule has 1 aliphatic heterocycles. The van der Waals surface area contributed by atoms with Gasteiger partial charge < -0.3 is 4.74 Å². The molecule has 5 aliphatic rings. The van der Waals surface area contributed by atoms with Gasteiger partial charge in [-0.3, -0.25) is 9.59 Å². The zero-order valence-electron chi connectivity index (χ0n) is 15.9. The first-order valence-electron chi connectivity index (χ1n) is 10.2. The van der Waals surface area contributed by atoms with Gasteiger partial charge in [0, 0.05) is 0 Å². The second-order valence-electron chi connectivity index (χ2n) is 8.50. The standard InChI is InChI=1S/C24H18FNO4/c25-17-6-2-1-5-14(17)24(29)30-19-8-4-3-7-18(19)26-22(27)20-12-9-10-13(16-11-15(12)16)21(20)23(26)28/h1-10,12-13,15-16,20-21H,11H2/t12-,13-,15-,16-,20+,21+/m1/s1. The fraction of sp³-hybridized carbons (Fsp3) is 0.292. The van der Waals surface area contributed by atoms with Crippen LogP contribution in [-0.2, 0) is 9.59 Å². The summed E-state index contributed by atoms with van der Waals surface area (Å²) in [6.07, 6.45) is 5.31. The van der Waals surface area contributed by atoms with Crippen LogP contribution in [0.3, 0.4) is 0 Å². The number of benzene rings is 2. The summed E-state index contributed by atoms with van der Waals surface area (Å²) in [5, 5.41) is 0. The van der Waals surface area contributed by atoms with Crippen molar-refractivity contribution in [3.63, 3.8) is 0 Å². The van der Waals surface area contributed by atoms with Gasteiger partial charge in [-0.2, -0.15) is 0 Å². The van der Waals surface area contributed by atoms with E-state index in [1.807, 2.05) is 0 Å². The quantitative estimate of drug-likeness (QED) is 0.340. The second-order valence-corrected chi connectivity index (χ2v) is 8.50. The number of halogens is 1. The molecule has 0 spiro atoms. The summed E-state index contributed by atoms with van der Waals surface area (Å²) in [6, 6.07) is 12.0. The molecular formula is C24H18FNO4. The first-order valence-corrected chi connectivity index (χ1v) is 10.2. The average Bonchev–Trinajstić information content (AvgIpc) is 3.53. The van der Waals surface area contributed by atoms with Crippen LogP contribution in [0.15, 0.2) is 60.7 Å². The Balaban J connectivity index is 1.35. The fourth-order valence-electron chi connectivity index (χ4n) is 5.70. The molecule has 7 rings (SSSR count). The van der Waals surface area contributed by atoms with E-state index in [1.54, 1.807) is 18.2 Å². The van der Waals surface area contributed by atoms with E-state index >= 15 is 0 Å². The van der Waals surface area contributed by atoms with Crippen LogP contribution in [0, 0.1) is 41.3 Å². The summed E-state index contributed by atoms with van der Waals surface area (Å²) in [5.74, 6) is -1.41. The highest BCUT2D eigenvalue weighted by Gasteiger charge is 2.67. The minimum absolute atomic E-state index is 0.0663. The third-order valence-corrected chi connectivity index (χ3v) is 7.07. The lowest BCUT2D eigenvalue weighted by Gasteiger charge is -2.37. The number of nitrogens with zero attached hydrogens (tertiary/aromatic N) is 1. The molecule has 2 aromatic rings. The first kappa shape index (κ1) is 17.6. The number of hydrogen-bond acceptors (Lipinski definition) is 4. The Bertz CT molecular complexity index is 1110. The SMILES string of the molecule is O=C(Oc1ccccc1N1C(=O)[C@H]2[C@@H]3C=C[C@H]([C@H]4C[C@H]34)[C@@H]2C1=O)c1ccccc1F. The molecule has 0 radical (unpaired) electrons. The van der Waals surface area contributed by atoms with Gasteiger partial charge in [0.15, 0.2) is 5.75 Å². The van der Waals surface area contributed by atoms with Crippen molar-refractivity contribution in [2.75, 3.05) is 4.90 Å². The largest absolute Gasteiger partial charge is 0.421 e. The lowest BCUT2D eigenvalue weighted by atomic mass is 9.63. The smallest absolute Gasteiger partial charge is 0.346 e. The highest BCUT2D eigenvalue weighted by molar-refractivity contribution is 6.23. The molecule has 5 nitrogen and oxygen atoms in total. The average molecular weight is 403 g/mol. The number of ether oxygens (including phenoxy) is 1. The number of hydrogen-bond donors (Lipinski definition) is 0. The molecule has 30 heavy (non-hydrogen) atoms. The van der Waals surface area contributed by atoms with E-state index < -0.39 is 11.8 Å². The van der Waals surface area contributed by atoms with Gasteiger partial charge in [-0.05, 0) is 54.4 Å². The number of allylic oxidation sites excluding steroid dienone is 2. The Kier molecular flexibility index (Phi) is 3.58. The van der Waals surface area contributed by atoms with Gasteiger partial charge in [0.1, 0.15) is 5.82 Å². The van der Waals surface area contributed by atoms with Crippen LogP contribution in [0.2, 0.25) is 0 Å². The van der Waals surface area contributed by atoms with Gasteiger partial charge in [0.05, 0.1) is 23.1 Å². The molecule has 1 saturated heterocycles. The summed E-state index contributed by atoms with van der Waals surface area (Å²) >= 11 is 0. The van der Waals surface area contributed by atoms with E-state index in [9.17, 15) is 18.8 Å². The maximum absolute atomic E-state index is 14.0. The van der Waals surface area contributed by atoms with Crippen LogP contribution < -0.4 is 9.64 Å². The van der Waals surface area contributed by atoms with Crippen LogP contribution >= 0.6 is 0 Å². The highest BCUT2D eigenvalue weighted by Crippen LogP contribution is 2.65. The number of esters is 1. The maximum atomic E-state index is 14.0. The minimum Gasteiger partial charge on any atom is -0.421 e. The Morgan fingerprint density at radius 2 is 1.50 bits per heavy atom. The topological polar surface area (TPSA) is 63.7 Å². The van der Waals surface area contributed by atoms with E-state index in [0.717, 1.165) is 6.42 Å². The minimum atomic E-state index is -0.875. The molecule has 0 unspecified atom stereocenters. The van der Waals surface area contributed by atoms with Gasteiger partial charge in [-0.1, -0.05) is 36.4 Å². The molecule has 0 aromatic heterocycles. The fourth-order valence-corrected chi connectivity index (χ4v) is 5.70. The van der Waals surface area contributed by atoms with Crippen molar-refractivity contribution in [3.05, 3.63) is 72.1 Å². The number of rotatable bonds is 3. The van der Waals surface area contributed by atoms with E-state index in [2.05, 4.69) is 12.2 Å². The Labute approximate surface area is 172 Å². The monoisotopic (exact) mass is 403 g/mol. The number of amides is 2. The Morgan fingerprint density at radius 3 is 2.17 bits per heavy atom. The van der Waals surface area contributed by atoms with Crippen LogP contribution in [0.25, 0.3) is 0 Å². The van der Waals surface area contributed by atoms with Gasteiger partial charge in [0.25, 0.3) is 0 Å². The van der Waals surface area contributed by atoms with Crippen molar-refractivity contribution in [1.82, 2.24) is 0 Å². The molecule has 2 bridgehead atoms. The third kappa shape index (κ3) is 2.30. The van der Waals surface area contributed by atoms with Gasteiger partial charge in [0.2, 0.25) is 11.8 Å². The lowest BCUT2D eigenvalue weighted by molar-refractivity contribution is -0.124. The van der Waals surface area contributed by atoms with Crippen LogP contribution in [-0.4, -0.2) is 17.8 Å². The molecule has 2 saturated carbocycles. The lowest BCUT2D eigenvalue weighted by Crippen LogP contribution is -2.40. The predicted octanol–water partition coefficient (Wildman–Crippen LogP) is 3.60. The molecule has 2 amide bonds. The Hall–Kier alpha value is -3.28. The number of para-hydroxylation sites is 2. The van der Waals surface area contributed by atoms with E-state index in [-0.39, 0.29) is 52.5 Å². The van der Waals surface area contributed by atoms with Gasteiger partial charge in [-0.15, -0.1) is 0 Å². The highest BCUT2D eigenvalue weighted by atomic mass is 19.1. The molecule has 2 aromatic carbocycles. The molecule has 3 fully saturated rings. The molecule has 150 valence electrons. The Morgan fingerprint density at radius 1 is 0.900 bits per heavy atom. The molecule has 6 atom stereocenters. The molecule has 1 heterocycles. The van der Waals surface area contributed by atoms with Crippen molar-refractivity contribution in [2.24, 2.45) is 35.5 Å². The van der Waals surface area contributed by atoms with Crippen molar-refractivity contribution in [3.8, 4) is 5.75 Å².